The minimum atomic E-state index is -1.09. The molecule has 0 aromatic carbocycles. The summed E-state index contributed by atoms with van der Waals surface area (Å²) in [6, 6.07) is -0.339. The molecule has 54 valence electrons. The van der Waals surface area contributed by atoms with E-state index in [2.05, 4.69) is 4.74 Å². The highest BCUT2D eigenvalue weighted by molar-refractivity contribution is 4.77. The van der Waals surface area contributed by atoms with Gasteiger partial charge in [0.05, 0.1) is 6.61 Å². The normalized spacial score (nSPS) is 45.0. The first-order valence-corrected chi connectivity index (χ1v) is 2.95. The molecule has 0 aliphatic carbocycles. The fourth-order valence-corrected chi connectivity index (χ4v) is 0.806. The summed E-state index contributed by atoms with van der Waals surface area (Å²) in [6.45, 7) is 0.430. The van der Waals surface area contributed by atoms with Crippen LogP contribution in [0.15, 0.2) is 0 Å². The van der Waals surface area contributed by atoms with E-state index in [0.29, 0.717) is 13.0 Å². The van der Waals surface area contributed by atoms with Crippen molar-refractivity contribution in [3.05, 3.63) is 0 Å². The molecule has 1 heterocycles. The quantitative estimate of drug-likeness (QED) is 0.372. The molecule has 0 aromatic heterocycles. The lowest BCUT2D eigenvalue weighted by Crippen LogP contribution is -2.48. The second-order valence-electron chi connectivity index (χ2n) is 2.20. The molecule has 1 saturated heterocycles. The molecule has 1 fully saturated rings. The highest BCUT2D eigenvalue weighted by atomic mass is 16.6. The van der Waals surface area contributed by atoms with Gasteiger partial charge in [0.2, 0.25) is 0 Å². The Bertz CT molecular complexity index is 88.2. The smallest absolute Gasteiger partial charge is 0.182 e. The van der Waals surface area contributed by atoms with Gasteiger partial charge in [-0.15, -0.1) is 0 Å². The van der Waals surface area contributed by atoms with E-state index < -0.39 is 12.4 Å². The van der Waals surface area contributed by atoms with Gasteiger partial charge in [-0.25, -0.2) is 0 Å². The van der Waals surface area contributed by atoms with Crippen molar-refractivity contribution in [1.82, 2.24) is 0 Å². The third-order valence-electron chi connectivity index (χ3n) is 1.47. The third kappa shape index (κ3) is 1.40. The standard InChI is InChI=1S/C5H11NO3/c6-3-1-2-9-5(8)4(3)7/h3-5,7-8H,1-2,6H2/t3-,4-,5-/m1/s1. The van der Waals surface area contributed by atoms with E-state index in [-0.39, 0.29) is 6.04 Å². The molecular formula is C5H11NO3. The lowest BCUT2D eigenvalue weighted by Gasteiger charge is -2.28. The largest absolute Gasteiger partial charge is 0.386 e. The first-order chi connectivity index (χ1) is 4.22. The average Bonchev–Trinajstić information content (AvgIpc) is 1.83. The molecule has 0 aromatic rings. The van der Waals surface area contributed by atoms with Gasteiger partial charge in [-0.1, -0.05) is 0 Å². The molecule has 1 aliphatic heterocycles. The van der Waals surface area contributed by atoms with Gasteiger partial charge in [0.25, 0.3) is 0 Å². The second kappa shape index (κ2) is 2.62. The van der Waals surface area contributed by atoms with Crippen LogP contribution in [-0.2, 0) is 4.74 Å². The lowest BCUT2D eigenvalue weighted by atomic mass is 10.1. The number of ether oxygens (including phenoxy) is 1. The average molecular weight is 133 g/mol. The molecule has 0 spiro atoms. The Hall–Kier alpha value is -0.160. The molecule has 4 nitrogen and oxygen atoms in total. The zero-order chi connectivity index (χ0) is 6.85. The lowest BCUT2D eigenvalue weighted by molar-refractivity contribution is -0.191. The Labute approximate surface area is 53.2 Å². The van der Waals surface area contributed by atoms with E-state index in [1.54, 1.807) is 0 Å². The molecule has 9 heavy (non-hydrogen) atoms. The topological polar surface area (TPSA) is 75.7 Å². The summed E-state index contributed by atoms with van der Waals surface area (Å²) < 4.78 is 4.69. The van der Waals surface area contributed by atoms with Crippen LogP contribution in [-0.4, -0.2) is 35.3 Å². The van der Waals surface area contributed by atoms with Crippen molar-refractivity contribution in [2.45, 2.75) is 24.9 Å². The van der Waals surface area contributed by atoms with Gasteiger partial charge in [-0.2, -0.15) is 0 Å². The van der Waals surface area contributed by atoms with Crippen molar-refractivity contribution < 1.29 is 14.9 Å². The van der Waals surface area contributed by atoms with Crippen molar-refractivity contribution >= 4 is 0 Å². The van der Waals surface area contributed by atoms with E-state index in [0.717, 1.165) is 0 Å². The van der Waals surface area contributed by atoms with Crippen LogP contribution in [0, 0.1) is 0 Å². The van der Waals surface area contributed by atoms with Crippen molar-refractivity contribution in [1.29, 1.82) is 0 Å². The predicted molar refractivity (Wildman–Crippen MR) is 30.6 cm³/mol. The van der Waals surface area contributed by atoms with Crippen molar-refractivity contribution in [2.24, 2.45) is 5.73 Å². The molecule has 0 radical (unpaired) electrons. The van der Waals surface area contributed by atoms with Crippen LogP contribution in [0.4, 0.5) is 0 Å². The van der Waals surface area contributed by atoms with E-state index in [1.165, 1.54) is 0 Å². The Morgan fingerprint density at radius 1 is 1.44 bits per heavy atom. The predicted octanol–water partition coefficient (Wildman–Crippen LogP) is -1.59. The minimum absolute atomic E-state index is 0.339. The second-order valence-corrected chi connectivity index (χ2v) is 2.20. The fraction of sp³-hybridized carbons (Fsp3) is 1.00. The van der Waals surface area contributed by atoms with Gasteiger partial charge < -0.3 is 20.7 Å². The van der Waals surface area contributed by atoms with Crippen molar-refractivity contribution in [3.63, 3.8) is 0 Å². The Kier molecular flexibility index (Phi) is 2.02. The number of hydrogen-bond acceptors (Lipinski definition) is 4. The molecule has 4 N–H and O–H groups in total. The van der Waals surface area contributed by atoms with Crippen LogP contribution in [0.25, 0.3) is 0 Å². The van der Waals surface area contributed by atoms with Gasteiger partial charge >= 0.3 is 0 Å². The van der Waals surface area contributed by atoms with Gasteiger partial charge in [0.1, 0.15) is 6.10 Å². The molecule has 3 atom stereocenters. The summed E-state index contributed by atoms with van der Waals surface area (Å²) in [4.78, 5) is 0. The molecular weight excluding hydrogens is 122 g/mol. The number of aliphatic hydroxyl groups excluding tert-OH is 2. The molecule has 0 unspecified atom stereocenters. The van der Waals surface area contributed by atoms with Crippen molar-refractivity contribution in [3.8, 4) is 0 Å². The highest BCUT2D eigenvalue weighted by Crippen LogP contribution is 2.09. The van der Waals surface area contributed by atoms with Gasteiger partial charge in [0, 0.05) is 6.04 Å². The first-order valence-electron chi connectivity index (χ1n) is 2.95. The van der Waals surface area contributed by atoms with Crippen LogP contribution in [0.1, 0.15) is 6.42 Å². The molecule has 1 rings (SSSR count). The maximum atomic E-state index is 8.95. The minimum Gasteiger partial charge on any atom is -0.386 e. The monoisotopic (exact) mass is 133 g/mol. The number of aliphatic hydroxyl groups is 2. The zero-order valence-corrected chi connectivity index (χ0v) is 5.03. The van der Waals surface area contributed by atoms with Gasteiger partial charge in [-0.05, 0) is 6.42 Å². The summed E-state index contributed by atoms with van der Waals surface area (Å²) in [7, 11) is 0. The summed E-state index contributed by atoms with van der Waals surface area (Å²) in [5.41, 5.74) is 5.38. The SMILES string of the molecule is N[C@@H]1CCO[C@@H](O)[C@@H]1O. The van der Waals surface area contributed by atoms with Crippen molar-refractivity contribution in [2.75, 3.05) is 6.61 Å². The molecule has 1 aliphatic rings. The van der Waals surface area contributed by atoms with E-state index in [4.69, 9.17) is 15.9 Å². The van der Waals surface area contributed by atoms with Crippen LogP contribution >= 0.6 is 0 Å². The maximum absolute atomic E-state index is 8.95. The summed E-state index contributed by atoms with van der Waals surface area (Å²) >= 11 is 0. The van der Waals surface area contributed by atoms with Crippen LogP contribution in [0.3, 0.4) is 0 Å². The zero-order valence-electron chi connectivity index (χ0n) is 5.03. The molecule has 0 bridgehead atoms. The molecule has 0 saturated carbocycles. The summed E-state index contributed by atoms with van der Waals surface area (Å²) in [5.74, 6) is 0. The maximum Gasteiger partial charge on any atom is 0.182 e. The van der Waals surface area contributed by atoms with E-state index in [9.17, 15) is 0 Å². The van der Waals surface area contributed by atoms with Gasteiger partial charge in [0.15, 0.2) is 6.29 Å². The van der Waals surface area contributed by atoms with E-state index >= 15 is 0 Å². The fourth-order valence-electron chi connectivity index (χ4n) is 0.806. The van der Waals surface area contributed by atoms with Crippen LogP contribution < -0.4 is 5.73 Å². The number of hydrogen-bond donors (Lipinski definition) is 3. The first kappa shape index (κ1) is 6.95. The highest BCUT2D eigenvalue weighted by Gasteiger charge is 2.27. The Morgan fingerprint density at radius 3 is 2.56 bits per heavy atom. The number of nitrogens with two attached hydrogens (primary N) is 1. The van der Waals surface area contributed by atoms with Crippen LogP contribution in [0.5, 0.6) is 0 Å². The summed E-state index contributed by atoms with van der Waals surface area (Å²) in [5, 5.41) is 17.7. The Balaban J connectivity index is 2.41. The third-order valence-corrected chi connectivity index (χ3v) is 1.47. The molecule has 4 heteroatoms. The number of rotatable bonds is 0. The Morgan fingerprint density at radius 2 is 2.11 bits per heavy atom. The van der Waals surface area contributed by atoms with Gasteiger partial charge in [-0.3, -0.25) is 0 Å². The summed E-state index contributed by atoms with van der Waals surface area (Å²) in [6.07, 6.45) is -1.40. The van der Waals surface area contributed by atoms with E-state index in [1.807, 2.05) is 0 Å². The van der Waals surface area contributed by atoms with Crippen LogP contribution in [0.2, 0.25) is 0 Å². The molecule has 0 amide bonds.